The lowest BCUT2D eigenvalue weighted by Gasteiger charge is -2.23. The number of rotatable bonds is 7. The van der Waals surface area contributed by atoms with Gasteiger partial charge in [-0.05, 0) is 19.3 Å². The molecule has 1 heterocycles. The van der Waals surface area contributed by atoms with Crippen LogP contribution in [0.25, 0.3) is 0 Å². The van der Waals surface area contributed by atoms with E-state index in [0.29, 0.717) is 31.1 Å². The zero-order valence-corrected chi connectivity index (χ0v) is 13.4. The first kappa shape index (κ1) is 17.0. The fourth-order valence-electron chi connectivity index (χ4n) is 1.98. The molecule has 1 rings (SSSR count). The number of hydrogen-bond acceptors (Lipinski definition) is 4. The maximum absolute atomic E-state index is 12.0. The summed E-state index contributed by atoms with van der Waals surface area (Å²) in [6, 6.07) is 0. The van der Waals surface area contributed by atoms with E-state index < -0.39 is 5.60 Å². The van der Waals surface area contributed by atoms with Crippen LogP contribution < -0.4 is 10.9 Å². The molecule has 6 heteroatoms. The molecule has 0 aliphatic carbocycles. The molecule has 0 radical (unpaired) electrons. The summed E-state index contributed by atoms with van der Waals surface area (Å²) >= 11 is 6.07. The Kier molecular flexibility index (Phi) is 6.02. The molecule has 0 saturated carbocycles. The summed E-state index contributed by atoms with van der Waals surface area (Å²) < 4.78 is 1.36. The molecule has 1 aromatic rings. The van der Waals surface area contributed by atoms with Crippen LogP contribution >= 0.6 is 11.6 Å². The second kappa shape index (κ2) is 7.09. The third-order valence-electron chi connectivity index (χ3n) is 2.97. The number of anilines is 1. The van der Waals surface area contributed by atoms with Gasteiger partial charge in [0.25, 0.3) is 5.56 Å². The van der Waals surface area contributed by atoms with Crippen molar-refractivity contribution in [3.63, 3.8) is 0 Å². The quantitative estimate of drug-likeness (QED) is 0.812. The van der Waals surface area contributed by atoms with Crippen LogP contribution in [0.1, 0.15) is 40.5 Å². The Bertz CT molecular complexity index is 498. The summed E-state index contributed by atoms with van der Waals surface area (Å²) in [5, 5.41) is 17.3. The minimum Gasteiger partial charge on any atom is -0.388 e. The molecule has 0 aliphatic rings. The van der Waals surface area contributed by atoms with Crippen LogP contribution in [0.3, 0.4) is 0 Å². The van der Waals surface area contributed by atoms with Gasteiger partial charge >= 0.3 is 0 Å². The summed E-state index contributed by atoms with van der Waals surface area (Å²) in [6.45, 7) is 8.65. The van der Waals surface area contributed by atoms with Gasteiger partial charge in [-0.2, -0.15) is 5.10 Å². The van der Waals surface area contributed by atoms with Crippen molar-refractivity contribution >= 4 is 17.3 Å². The Balaban J connectivity index is 2.83. The Hall–Kier alpha value is -1.07. The van der Waals surface area contributed by atoms with E-state index in [9.17, 15) is 9.90 Å². The average Bonchev–Trinajstić information content (AvgIpc) is 2.33. The van der Waals surface area contributed by atoms with E-state index in [0.717, 1.165) is 6.42 Å². The summed E-state index contributed by atoms with van der Waals surface area (Å²) in [4.78, 5) is 12.0. The molecule has 1 unspecified atom stereocenters. The molecule has 1 atom stereocenters. The second-order valence-corrected chi connectivity index (χ2v) is 6.23. The maximum Gasteiger partial charge on any atom is 0.287 e. The zero-order valence-electron chi connectivity index (χ0n) is 12.6. The van der Waals surface area contributed by atoms with Gasteiger partial charge in [-0.25, -0.2) is 4.68 Å². The normalized spacial score (nSPS) is 14.3. The molecule has 0 fully saturated rings. The monoisotopic (exact) mass is 301 g/mol. The molecule has 0 bridgehead atoms. The first-order chi connectivity index (χ1) is 9.26. The highest BCUT2D eigenvalue weighted by Gasteiger charge is 2.20. The summed E-state index contributed by atoms with van der Waals surface area (Å²) in [6.07, 6.45) is 3.10. The Morgan fingerprint density at radius 1 is 1.55 bits per heavy atom. The molecule has 5 nitrogen and oxygen atoms in total. The fraction of sp³-hybridized carbons (Fsp3) is 0.714. The highest BCUT2D eigenvalue weighted by Crippen LogP contribution is 2.18. The van der Waals surface area contributed by atoms with Crippen molar-refractivity contribution in [1.29, 1.82) is 0 Å². The zero-order chi connectivity index (χ0) is 15.3. The number of aliphatic hydroxyl groups is 1. The first-order valence-corrected chi connectivity index (χ1v) is 7.36. The lowest BCUT2D eigenvalue weighted by atomic mass is 10.0. The molecule has 0 aliphatic heterocycles. The van der Waals surface area contributed by atoms with Crippen molar-refractivity contribution in [2.75, 3.05) is 11.9 Å². The number of aromatic nitrogens is 2. The van der Waals surface area contributed by atoms with E-state index >= 15 is 0 Å². The second-order valence-electron chi connectivity index (χ2n) is 5.85. The van der Waals surface area contributed by atoms with Gasteiger partial charge < -0.3 is 10.4 Å². The van der Waals surface area contributed by atoms with E-state index in [1.807, 2.05) is 20.8 Å². The van der Waals surface area contributed by atoms with Crippen LogP contribution in [0.15, 0.2) is 11.0 Å². The molecular formula is C14H24ClN3O2. The summed E-state index contributed by atoms with van der Waals surface area (Å²) in [5.41, 5.74) is -0.668. The largest absolute Gasteiger partial charge is 0.388 e. The smallest absolute Gasteiger partial charge is 0.287 e. The number of halogens is 1. The Morgan fingerprint density at radius 2 is 2.20 bits per heavy atom. The predicted octanol–water partition coefficient (Wildman–Crippen LogP) is 2.52. The molecule has 1 aromatic heterocycles. The predicted molar refractivity (Wildman–Crippen MR) is 82.4 cm³/mol. The number of nitrogens with one attached hydrogen (secondary N) is 1. The van der Waals surface area contributed by atoms with Crippen molar-refractivity contribution in [2.45, 2.75) is 52.7 Å². The lowest BCUT2D eigenvalue weighted by Crippen LogP contribution is -2.34. The fourth-order valence-corrected chi connectivity index (χ4v) is 2.19. The van der Waals surface area contributed by atoms with E-state index in [1.165, 1.54) is 10.9 Å². The van der Waals surface area contributed by atoms with Gasteiger partial charge in [0.2, 0.25) is 0 Å². The van der Waals surface area contributed by atoms with Crippen molar-refractivity contribution in [3.05, 3.63) is 21.6 Å². The van der Waals surface area contributed by atoms with Gasteiger partial charge in [0.05, 0.1) is 17.5 Å². The molecule has 0 amide bonds. The maximum atomic E-state index is 12.0. The van der Waals surface area contributed by atoms with Crippen molar-refractivity contribution in [1.82, 2.24) is 9.78 Å². The van der Waals surface area contributed by atoms with Gasteiger partial charge in [-0.1, -0.05) is 38.8 Å². The molecule has 2 N–H and O–H groups in total. The van der Waals surface area contributed by atoms with Crippen LogP contribution in [0.4, 0.5) is 5.69 Å². The van der Waals surface area contributed by atoms with Gasteiger partial charge in [0.1, 0.15) is 5.02 Å². The van der Waals surface area contributed by atoms with Crippen LogP contribution in [0.2, 0.25) is 5.02 Å². The van der Waals surface area contributed by atoms with Crippen LogP contribution in [0.5, 0.6) is 0 Å². The van der Waals surface area contributed by atoms with E-state index in [1.54, 1.807) is 6.92 Å². The molecule has 0 saturated heterocycles. The van der Waals surface area contributed by atoms with E-state index in [2.05, 4.69) is 10.4 Å². The molecular weight excluding hydrogens is 278 g/mol. The first-order valence-electron chi connectivity index (χ1n) is 6.98. The van der Waals surface area contributed by atoms with Crippen LogP contribution in [-0.4, -0.2) is 27.0 Å². The lowest BCUT2D eigenvalue weighted by molar-refractivity contribution is 0.0637. The molecule has 20 heavy (non-hydrogen) atoms. The van der Waals surface area contributed by atoms with Gasteiger partial charge in [0, 0.05) is 13.1 Å². The molecule has 0 aromatic carbocycles. The minimum absolute atomic E-state index is 0.118. The highest BCUT2D eigenvalue weighted by molar-refractivity contribution is 6.32. The van der Waals surface area contributed by atoms with Gasteiger partial charge in [-0.15, -0.1) is 0 Å². The topological polar surface area (TPSA) is 67.2 Å². The van der Waals surface area contributed by atoms with E-state index in [-0.39, 0.29) is 10.6 Å². The third kappa shape index (κ3) is 4.80. The molecule has 114 valence electrons. The van der Waals surface area contributed by atoms with Crippen LogP contribution in [-0.2, 0) is 6.54 Å². The van der Waals surface area contributed by atoms with Crippen molar-refractivity contribution < 1.29 is 5.11 Å². The van der Waals surface area contributed by atoms with Crippen molar-refractivity contribution in [2.24, 2.45) is 5.92 Å². The van der Waals surface area contributed by atoms with Crippen molar-refractivity contribution in [3.8, 4) is 0 Å². The Morgan fingerprint density at radius 3 is 2.75 bits per heavy atom. The SMILES string of the molecule is CCCC(C)(O)CNc1cnn(CC(C)C)c(=O)c1Cl. The third-order valence-corrected chi connectivity index (χ3v) is 3.34. The standard InChI is InChI=1S/C14H24ClN3O2/c1-5-6-14(4,20)9-16-11-7-17-18(8-10(2)3)13(19)12(11)15/h7,10,16,20H,5-6,8-9H2,1-4H3. The highest BCUT2D eigenvalue weighted by atomic mass is 35.5. The number of hydrogen-bond donors (Lipinski definition) is 2. The summed E-state index contributed by atoms with van der Waals surface area (Å²) in [5.74, 6) is 0.320. The minimum atomic E-state index is -0.828. The number of nitrogens with zero attached hydrogens (tertiary/aromatic N) is 2. The summed E-state index contributed by atoms with van der Waals surface area (Å²) in [7, 11) is 0. The van der Waals surface area contributed by atoms with Gasteiger partial charge in [-0.3, -0.25) is 4.79 Å². The van der Waals surface area contributed by atoms with Crippen LogP contribution in [0, 0.1) is 5.92 Å². The van der Waals surface area contributed by atoms with Gasteiger partial charge in [0.15, 0.2) is 0 Å². The Labute approximate surface area is 125 Å². The molecule has 0 spiro atoms. The average molecular weight is 302 g/mol. The van der Waals surface area contributed by atoms with E-state index in [4.69, 9.17) is 11.6 Å².